The second-order valence-electron chi connectivity index (χ2n) is 3.90. The smallest absolute Gasteiger partial charge is 0.731 e. The number of allylic oxidation sites excluding steroid dienone is 4. The molecule has 0 aromatic heterocycles. The van der Waals surface area contributed by atoms with Crippen molar-refractivity contribution in [2.45, 2.75) is 38.5 Å². The molecule has 0 radical (unpaired) electrons. The molecule has 6 heteroatoms. The summed E-state index contributed by atoms with van der Waals surface area (Å²) in [5.41, 5.74) is 1.33. The molecule has 2 aliphatic rings. The maximum absolute atomic E-state index is 11.2. The molecule has 0 bridgehead atoms. The van der Waals surface area contributed by atoms with Crippen molar-refractivity contribution >= 4 is 10.3 Å². The minimum absolute atomic E-state index is 0. The molecule has 0 heterocycles. The molecular weight excluding hydrogens is 221 g/mol. The molecule has 0 aromatic rings. The van der Waals surface area contributed by atoms with E-state index in [-0.39, 0.29) is 18.9 Å². The van der Waals surface area contributed by atoms with Crippen molar-refractivity contribution in [2.24, 2.45) is 0 Å². The molecule has 2 aliphatic carbocycles. The van der Waals surface area contributed by atoms with Gasteiger partial charge in [0, 0.05) is 11.4 Å². The van der Waals surface area contributed by atoms with Crippen molar-refractivity contribution in [1.82, 2.24) is 4.31 Å². The Morgan fingerprint density at radius 2 is 1.50 bits per heavy atom. The maximum atomic E-state index is 11.2. The van der Waals surface area contributed by atoms with Crippen molar-refractivity contribution in [3.63, 3.8) is 0 Å². The summed E-state index contributed by atoms with van der Waals surface area (Å²) in [4.78, 5) is 0. The zero-order valence-corrected chi connectivity index (χ0v) is 10.3. The maximum Gasteiger partial charge on any atom is 1.00 e. The van der Waals surface area contributed by atoms with Gasteiger partial charge in [-0.2, -0.15) is 0 Å². The van der Waals surface area contributed by atoms with Crippen LogP contribution in [-0.4, -0.2) is 17.3 Å². The van der Waals surface area contributed by atoms with Gasteiger partial charge in [-0.05, 0) is 38.5 Å². The van der Waals surface area contributed by atoms with E-state index in [9.17, 15) is 13.0 Å². The summed E-state index contributed by atoms with van der Waals surface area (Å²) in [6, 6.07) is 0. The van der Waals surface area contributed by atoms with Gasteiger partial charge in [-0.15, -0.1) is 0 Å². The van der Waals surface area contributed by atoms with E-state index in [0.29, 0.717) is 24.2 Å². The summed E-state index contributed by atoms with van der Waals surface area (Å²) >= 11 is 0. The zero-order valence-electron chi connectivity index (χ0n) is 9.48. The van der Waals surface area contributed by atoms with E-state index in [2.05, 4.69) is 0 Å². The largest absolute Gasteiger partial charge is 1.00 e. The molecule has 16 heavy (non-hydrogen) atoms. The quantitative estimate of drug-likeness (QED) is 0.460. The van der Waals surface area contributed by atoms with E-state index >= 15 is 0 Å². The molecule has 0 N–H and O–H groups in total. The van der Waals surface area contributed by atoms with Gasteiger partial charge < -0.3 is 4.55 Å². The van der Waals surface area contributed by atoms with Gasteiger partial charge in [0.05, 0.1) is 0 Å². The van der Waals surface area contributed by atoms with Crippen LogP contribution in [0.25, 0.3) is 0 Å². The molecule has 0 unspecified atom stereocenters. The van der Waals surface area contributed by atoms with E-state index in [1.807, 2.05) is 12.2 Å². The Bertz CT molecular complexity index is 390. The second kappa shape index (κ2) is 5.41. The van der Waals surface area contributed by atoms with E-state index in [4.69, 9.17) is 0 Å². The van der Waals surface area contributed by atoms with Crippen molar-refractivity contribution < 1.29 is 31.8 Å². The van der Waals surface area contributed by atoms with Crippen LogP contribution in [-0.2, 0) is 10.3 Å². The van der Waals surface area contributed by atoms with Gasteiger partial charge in [0.1, 0.15) is 0 Å². The Kier molecular flexibility index (Phi) is 4.69. The van der Waals surface area contributed by atoms with Crippen molar-refractivity contribution in [3.8, 4) is 0 Å². The van der Waals surface area contributed by atoms with Gasteiger partial charge >= 0.3 is 18.9 Å². The van der Waals surface area contributed by atoms with Gasteiger partial charge in [0.2, 0.25) is 0 Å². The van der Waals surface area contributed by atoms with Gasteiger partial charge in [0.15, 0.2) is 10.3 Å². The van der Waals surface area contributed by atoms with E-state index in [1.54, 1.807) is 0 Å². The third-order valence-corrected chi connectivity index (χ3v) is 3.70. The first kappa shape index (κ1) is 13.9. The third-order valence-electron chi connectivity index (χ3n) is 2.78. The van der Waals surface area contributed by atoms with Gasteiger partial charge in [-0.1, -0.05) is 12.2 Å². The Morgan fingerprint density at radius 1 is 1.06 bits per heavy atom. The van der Waals surface area contributed by atoms with Crippen LogP contribution >= 0.6 is 0 Å². The summed E-state index contributed by atoms with van der Waals surface area (Å²) in [5.74, 6) is 0. The van der Waals surface area contributed by atoms with Crippen LogP contribution in [0.3, 0.4) is 0 Å². The van der Waals surface area contributed by atoms with Crippen LogP contribution in [0.1, 0.15) is 38.5 Å². The summed E-state index contributed by atoms with van der Waals surface area (Å²) in [6.45, 7) is 0. The average Bonchev–Trinajstić information content (AvgIpc) is 2.73. The van der Waals surface area contributed by atoms with Crippen LogP contribution in [0.5, 0.6) is 0 Å². The molecule has 0 aliphatic heterocycles. The molecule has 0 saturated carbocycles. The molecular formula is C10H14LiNO3S. The fourth-order valence-corrected chi connectivity index (χ4v) is 3.05. The molecule has 4 nitrogen and oxygen atoms in total. The van der Waals surface area contributed by atoms with Gasteiger partial charge in [-0.25, -0.2) is 8.42 Å². The standard InChI is InChI=1S/C10H15NO3S.Li/c12-15(13,14)11(9-5-1-2-6-9)10-7-3-4-8-10;/h5,7H,1-4,6,8H2,(H,12,13,14);/q;+1/p-1. The van der Waals surface area contributed by atoms with Crippen molar-refractivity contribution in [3.05, 3.63) is 23.5 Å². The summed E-state index contributed by atoms with van der Waals surface area (Å²) < 4.78 is 34.6. The normalized spacial score (nSPS) is 20.1. The topological polar surface area (TPSA) is 60.4 Å². The fourth-order valence-electron chi connectivity index (χ4n) is 2.15. The predicted octanol–water partition coefficient (Wildman–Crippen LogP) is -1.11. The van der Waals surface area contributed by atoms with Gasteiger partial charge in [0.25, 0.3) is 0 Å². The number of nitrogens with zero attached hydrogens (tertiary/aromatic N) is 1. The van der Waals surface area contributed by atoms with Crippen LogP contribution < -0.4 is 18.9 Å². The molecule has 84 valence electrons. The molecule has 0 amide bonds. The number of hydrogen-bond acceptors (Lipinski definition) is 3. The first-order valence-corrected chi connectivity index (χ1v) is 6.60. The third kappa shape index (κ3) is 2.92. The Balaban J connectivity index is 0.00000128. The number of hydrogen-bond donors (Lipinski definition) is 0. The molecule has 0 spiro atoms. The first-order valence-electron chi connectivity index (χ1n) is 5.23. The monoisotopic (exact) mass is 235 g/mol. The zero-order chi connectivity index (χ0) is 10.9. The summed E-state index contributed by atoms with van der Waals surface area (Å²) in [6.07, 6.45) is 8.72. The SMILES string of the molecule is O=S(=O)([O-])N(C1=CCCC1)C1=CCCC1.[Li+]. The molecule has 0 aromatic carbocycles. The van der Waals surface area contributed by atoms with E-state index in [1.165, 1.54) is 0 Å². The number of rotatable bonds is 3. The Morgan fingerprint density at radius 3 is 1.75 bits per heavy atom. The van der Waals surface area contributed by atoms with E-state index < -0.39 is 10.3 Å². The average molecular weight is 235 g/mol. The fraction of sp³-hybridized carbons (Fsp3) is 0.600. The van der Waals surface area contributed by atoms with Crippen LogP contribution in [0, 0.1) is 0 Å². The second-order valence-corrected chi connectivity index (χ2v) is 5.12. The predicted molar refractivity (Wildman–Crippen MR) is 55.4 cm³/mol. The minimum Gasteiger partial charge on any atom is -0.731 e. The van der Waals surface area contributed by atoms with Gasteiger partial charge in [-0.3, -0.25) is 4.31 Å². The summed E-state index contributed by atoms with van der Waals surface area (Å²) in [5, 5.41) is 0. The molecule has 0 saturated heterocycles. The Labute approximate surface area is 108 Å². The molecule has 0 fully saturated rings. The van der Waals surface area contributed by atoms with Crippen molar-refractivity contribution in [2.75, 3.05) is 0 Å². The van der Waals surface area contributed by atoms with Crippen LogP contribution in [0.2, 0.25) is 0 Å². The Hall–Kier alpha value is -0.213. The molecule has 2 rings (SSSR count). The van der Waals surface area contributed by atoms with Crippen LogP contribution in [0.15, 0.2) is 23.5 Å². The van der Waals surface area contributed by atoms with Crippen molar-refractivity contribution in [1.29, 1.82) is 0 Å². The van der Waals surface area contributed by atoms with Crippen LogP contribution in [0.4, 0.5) is 0 Å². The molecule has 0 atom stereocenters. The van der Waals surface area contributed by atoms with E-state index in [0.717, 1.165) is 30.0 Å². The first-order chi connectivity index (χ1) is 7.09. The summed E-state index contributed by atoms with van der Waals surface area (Å²) in [7, 11) is -4.38. The minimum atomic E-state index is -4.38.